The summed E-state index contributed by atoms with van der Waals surface area (Å²) in [5.41, 5.74) is -0.110. The number of non-ortho nitro benzene ring substituents is 1. The van der Waals surface area contributed by atoms with Crippen LogP contribution < -0.4 is 10.9 Å². The van der Waals surface area contributed by atoms with Crippen molar-refractivity contribution >= 4 is 34.2 Å². The maximum absolute atomic E-state index is 12.5. The number of rotatable bonds is 5. The van der Waals surface area contributed by atoms with Crippen LogP contribution >= 0.6 is 0 Å². The number of nitro groups is 1. The summed E-state index contributed by atoms with van der Waals surface area (Å²) in [6, 6.07) is 9.24. The van der Waals surface area contributed by atoms with Gasteiger partial charge in [0.05, 0.1) is 27.7 Å². The Morgan fingerprint density at radius 3 is 2.52 bits per heavy atom. The van der Waals surface area contributed by atoms with E-state index in [0.29, 0.717) is 5.69 Å². The number of carboxylic acid groups (broad SMARTS) is 1. The molecule has 10 nitrogen and oxygen atoms in total. The van der Waals surface area contributed by atoms with Crippen molar-refractivity contribution in [1.29, 1.82) is 0 Å². The highest BCUT2D eigenvalue weighted by atomic mass is 16.6. The number of carbonyl (C=O) groups is 2. The van der Waals surface area contributed by atoms with Gasteiger partial charge < -0.3 is 10.4 Å². The number of fused-ring (bicyclic) bond motifs is 1. The van der Waals surface area contributed by atoms with Gasteiger partial charge in [0.1, 0.15) is 6.54 Å². The van der Waals surface area contributed by atoms with Crippen molar-refractivity contribution in [3.63, 3.8) is 0 Å². The number of hydrogen-bond acceptors (Lipinski definition) is 6. The van der Waals surface area contributed by atoms with E-state index in [1.165, 1.54) is 42.7 Å². The first kappa shape index (κ1) is 17.7. The van der Waals surface area contributed by atoms with Gasteiger partial charge in [0.2, 0.25) is 5.91 Å². The van der Waals surface area contributed by atoms with Gasteiger partial charge in [0, 0.05) is 17.8 Å². The second-order valence-corrected chi connectivity index (χ2v) is 5.57. The molecule has 0 saturated carbocycles. The van der Waals surface area contributed by atoms with Crippen molar-refractivity contribution in [3.8, 4) is 0 Å². The monoisotopic (exact) mass is 368 g/mol. The molecule has 27 heavy (non-hydrogen) atoms. The summed E-state index contributed by atoms with van der Waals surface area (Å²) in [4.78, 5) is 49.7. The molecule has 136 valence electrons. The number of nitrogens with one attached hydrogen (secondary N) is 1. The highest BCUT2D eigenvalue weighted by molar-refractivity contribution is 5.92. The van der Waals surface area contributed by atoms with Crippen LogP contribution in [0.15, 0.2) is 53.6 Å². The number of hydrogen-bond donors (Lipinski definition) is 2. The van der Waals surface area contributed by atoms with Crippen molar-refractivity contribution < 1.29 is 19.6 Å². The van der Waals surface area contributed by atoms with Gasteiger partial charge in [-0.15, -0.1) is 0 Å². The standard InChI is InChI=1S/C17H12N4O6/c22-15(19-11-3-1-10(2-4-11)17(24)25)8-20-9-18-14-6-5-12(21(26)27)7-13(14)16(20)23/h1-7,9H,8H2,(H,19,22)(H,24,25). The summed E-state index contributed by atoms with van der Waals surface area (Å²) < 4.78 is 1.03. The number of carbonyl (C=O) groups excluding carboxylic acids is 1. The Labute approximate surface area is 150 Å². The SMILES string of the molecule is O=C(Cn1cnc2ccc([N+](=O)[O-])cc2c1=O)Nc1ccc(C(=O)O)cc1. The van der Waals surface area contributed by atoms with Crippen molar-refractivity contribution in [2.24, 2.45) is 0 Å². The molecule has 0 saturated heterocycles. The first-order chi connectivity index (χ1) is 12.8. The van der Waals surface area contributed by atoms with E-state index in [9.17, 15) is 24.5 Å². The van der Waals surface area contributed by atoms with Crippen molar-refractivity contribution in [2.75, 3.05) is 5.32 Å². The summed E-state index contributed by atoms with van der Waals surface area (Å²) in [6.45, 7) is -0.356. The Bertz CT molecular complexity index is 1120. The Balaban J connectivity index is 1.82. The van der Waals surface area contributed by atoms with Gasteiger partial charge in [-0.05, 0) is 30.3 Å². The fraction of sp³-hybridized carbons (Fsp3) is 0.0588. The van der Waals surface area contributed by atoms with Gasteiger partial charge in [-0.1, -0.05) is 0 Å². The highest BCUT2D eigenvalue weighted by Crippen LogP contribution is 2.16. The van der Waals surface area contributed by atoms with E-state index < -0.39 is 22.4 Å². The molecule has 1 amide bonds. The number of aromatic carboxylic acids is 1. The van der Waals surface area contributed by atoms with Crippen LogP contribution in [0.5, 0.6) is 0 Å². The molecule has 0 bridgehead atoms. The van der Waals surface area contributed by atoms with E-state index >= 15 is 0 Å². The number of nitro benzene ring substituents is 1. The molecule has 1 aromatic heterocycles. The highest BCUT2D eigenvalue weighted by Gasteiger charge is 2.13. The van der Waals surface area contributed by atoms with Crippen molar-refractivity contribution in [3.05, 3.63) is 74.8 Å². The summed E-state index contributed by atoms with van der Waals surface area (Å²) >= 11 is 0. The zero-order valence-electron chi connectivity index (χ0n) is 13.7. The van der Waals surface area contributed by atoms with E-state index in [0.717, 1.165) is 10.6 Å². The maximum atomic E-state index is 12.5. The topological polar surface area (TPSA) is 144 Å². The molecule has 0 aliphatic heterocycles. The molecule has 0 fully saturated rings. The number of nitrogens with zero attached hydrogens (tertiary/aromatic N) is 3. The zero-order valence-corrected chi connectivity index (χ0v) is 13.7. The van der Waals surface area contributed by atoms with Gasteiger partial charge >= 0.3 is 5.97 Å². The first-order valence-electron chi connectivity index (χ1n) is 7.62. The first-order valence-corrected chi connectivity index (χ1v) is 7.62. The van der Waals surface area contributed by atoms with Gasteiger partial charge in [-0.2, -0.15) is 0 Å². The molecule has 0 unspecified atom stereocenters. The van der Waals surface area contributed by atoms with Crippen LogP contribution in [-0.2, 0) is 11.3 Å². The van der Waals surface area contributed by atoms with E-state index in [2.05, 4.69) is 10.3 Å². The molecule has 3 rings (SSSR count). The quantitative estimate of drug-likeness (QED) is 0.514. The van der Waals surface area contributed by atoms with E-state index in [-0.39, 0.29) is 28.7 Å². The minimum Gasteiger partial charge on any atom is -0.478 e. The number of amides is 1. The molecule has 2 aromatic carbocycles. The number of carboxylic acids is 1. The van der Waals surface area contributed by atoms with Crippen LogP contribution in [0, 0.1) is 10.1 Å². The lowest BCUT2D eigenvalue weighted by atomic mass is 10.2. The van der Waals surface area contributed by atoms with Gasteiger partial charge in [0.25, 0.3) is 11.2 Å². The molecule has 0 aliphatic carbocycles. The van der Waals surface area contributed by atoms with Gasteiger partial charge in [-0.3, -0.25) is 24.3 Å². The summed E-state index contributed by atoms with van der Waals surface area (Å²) in [5, 5.41) is 22.3. The Hall–Kier alpha value is -4.08. The average Bonchev–Trinajstić information content (AvgIpc) is 2.64. The van der Waals surface area contributed by atoms with Crippen molar-refractivity contribution in [1.82, 2.24) is 9.55 Å². The lowest BCUT2D eigenvalue weighted by Gasteiger charge is -2.08. The largest absolute Gasteiger partial charge is 0.478 e. The Morgan fingerprint density at radius 1 is 1.19 bits per heavy atom. The smallest absolute Gasteiger partial charge is 0.335 e. The summed E-state index contributed by atoms with van der Waals surface area (Å²) in [5.74, 6) is -1.62. The van der Waals surface area contributed by atoms with Crippen LogP contribution in [0.4, 0.5) is 11.4 Å². The minimum atomic E-state index is -1.09. The van der Waals surface area contributed by atoms with E-state index in [4.69, 9.17) is 5.11 Å². The molecule has 0 aliphatic rings. The van der Waals surface area contributed by atoms with E-state index in [1.807, 2.05) is 0 Å². The fourth-order valence-corrected chi connectivity index (χ4v) is 2.42. The predicted molar refractivity (Wildman–Crippen MR) is 94.7 cm³/mol. The lowest BCUT2D eigenvalue weighted by Crippen LogP contribution is -2.28. The zero-order chi connectivity index (χ0) is 19.6. The van der Waals surface area contributed by atoms with E-state index in [1.54, 1.807) is 0 Å². The molecule has 0 atom stereocenters. The summed E-state index contributed by atoms with van der Waals surface area (Å²) in [6.07, 6.45) is 1.18. The van der Waals surface area contributed by atoms with Gasteiger partial charge in [0.15, 0.2) is 0 Å². The van der Waals surface area contributed by atoms with Crippen molar-refractivity contribution in [2.45, 2.75) is 6.54 Å². The number of benzene rings is 2. The molecule has 0 radical (unpaired) electrons. The molecule has 2 N–H and O–H groups in total. The maximum Gasteiger partial charge on any atom is 0.335 e. The molecule has 10 heteroatoms. The van der Waals surface area contributed by atoms with Gasteiger partial charge in [-0.25, -0.2) is 9.78 Å². The molecular weight excluding hydrogens is 356 g/mol. The van der Waals surface area contributed by atoms with Crippen LogP contribution in [0.3, 0.4) is 0 Å². The molecule has 1 heterocycles. The number of anilines is 1. The van der Waals surface area contributed by atoms with Crippen LogP contribution in [0.2, 0.25) is 0 Å². The predicted octanol–water partition coefficient (Wildman–Crippen LogP) is 1.64. The third kappa shape index (κ3) is 3.79. The average molecular weight is 368 g/mol. The van der Waals surface area contributed by atoms with Crippen LogP contribution in [0.1, 0.15) is 10.4 Å². The minimum absolute atomic E-state index is 0.0327. The molecular formula is C17H12N4O6. The third-order valence-electron chi connectivity index (χ3n) is 3.75. The second kappa shape index (κ2) is 7.04. The second-order valence-electron chi connectivity index (χ2n) is 5.57. The molecule has 3 aromatic rings. The van der Waals surface area contributed by atoms with Crippen LogP contribution in [-0.4, -0.2) is 31.5 Å². The number of aromatic nitrogens is 2. The normalized spacial score (nSPS) is 10.5. The summed E-state index contributed by atoms with van der Waals surface area (Å²) in [7, 11) is 0. The lowest BCUT2D eigenvalue weighted by molar-refractivity contribution is -0.384. The molecule has 0 spiro atoms. The Morgan fingerprint density at radius 2 is 1.89 bits per heavy atom. The fourth-order valence-electron chi connectivity index (χ4n) is 2.42. The third-order valence-corrected chi connectivity index (χ3v) is 3.75. The van der Waals surface area contributed by atoms with Crippen LogP contribution in [0.25, 0.3) is 10.9 Å². The Kier molecular flexibility index (Phi) is 4.62.